The SMILES string of the molecule is CC1(C(=O)O)CCC(n2ncc(C(=O)N(CC(O)c3ccccn3)C3C[C@@H]4[C@H](C3)C4(C)C)c2C(F)(F)F)CC1. The highest BCUT2D eigenvalue weighted by molar-refractivity contribution is 5.95. The van der Waals surface area contributed by atoms with Crippen LogP contribution >= 0.6 is 0 Å². The molecule has 3 saturated carbocycles. The zero-order valence-corrected chi connectivity index (χ0v) is 22.4. The van der Waals surface area contributed by atoms with E-state index in [1.165, 1.54) is 11.1 Å². The number of alkyl halides is 3. The Labute approximate surface area is 225 Å². The first kappa shape index (κ1) is 27.6. The highest BCUT2D eigenvalue weighted by atomic mass is 19.4. The van der Waals surface area contributed by atoms with Crippen LogP contribution in [0.5, 0.6) is 0 Å². The summed E-state index contributed by atoms with van der Waals surface area (Å²) in [7, 11) is 0. The maximum atomic E-state index is 14.5. The summed E-state index contributed by atoms with van der Waals surface area (Å²) in [5, 5.41) is 24.5. The molecule has 2 aromatic heterocycles. The molecule has 2 aromatic rings. The summed E-state index contributed by atoms with van der Waals surface area (Å²) in [4.78, 5) is 31.1. The molecular formula is C28H35F3N4O4. The second-order valence-electron chi connectivity index (χ2n) is 12.3. The average Bonchev–Trinajstić information content (AvgIpc) is 3.32. The minimum atomic E-state index is -4.85. The zero-order valence-electron chi connectivity index (χ0n) is 22.4. The molecule has 0 aliphatic heterocycles. The largest absolute Gasteiger partial charge is 0.481 e. The van der Waals surface area contributed by atoms with Gasteiger partial charge in [0.1, 0.15) is 6.10 Å². The number of rotatable bonds is 7. The molecule has 8 nitrogen and oxygen atoms in total. The molecule has 0 radical (unpaired) electrons. The standard InChI is InChI=1S/C28H35F3N4O4/c1-26(2)19-12-17(13-20(19)26)34(15-22(36)21-6-4-5-11-32-21)24(37)18-14-33-35(23(18)28(29,30)31)16-7-9-27(3,10-8-16)25(38)39/h4-6,11,14,16-17,19-20,22,36H,7-10,12-13,15H2,1-3H3,(H,38,39)/t16?,17?,19-,20+,22?,27?. The van der Waals surface area contributed by atoms with Crippen LogP contribution in [0, 0.1) is 22.7 Å². The molecule has 2 unspecified atom stereocenters. The Bertz CT molecular complexity index is 1220. The summed E-state index contributed by atoms with van der Waals surface area (Å²) in [6.45, 7) is 5.76. The van der Waals surface area contributed by atoms with Gasteiger partial charge in [0, 0.05) is 12.2 Å². The maximum Gasteiger partial charge on any atom is 0.433 e. The molecule has 0 spiro atoms. The fourth-order valence-corrected chi connectivity index (χ4v) is 6.91. The van der Waals surface area contributed by atoms with E-state index in [9.17, 15) is 33.0 Å². The van der Waals surface area contributed by atoms with Crippen LogP contribution < -0.4 is 0 Å². The third-order valence-corrected chi connectivity index (χ3v) is 9.66. The summed E-state index contributed by atoms with van der Waals surface area (Å²) in [5.41, 5.74) is -2.15. The van der Waals surface area contributed by atoms with Gasteiger partial charge in [-0.15, -0.1) is 0 Å². The molecule has 0 saturated heterocycles. The number of fused-ring (bicyclic) bond motifs is 1. The van der Waals surface area contributed by atoms with Crippen LogP contribution in [0.1, 0.15) is 93.2 Å². The second kappa shape index (κ2) is 9.60. The Morgan fingerprint density at radius 2 is 1.79 bits per heavy atom. The van der Waals surface area contributed by atoms with E-state index in [0.717, 1.165) is 10.9 Å². The smallest absolute Gasteiger partial charge is 0.433 e. The van der Waals surface area contributed by atoms with E-state index in [0.29, 0.717) is 30.4 Å². The van der Waals surface area contributed by atoms with Crippen LogP contribution in [0.15, 0.2) is 30.6 Å². The molecule has 1 amide bonds. The number of carboxylic acids is 1. The number of carbonyl (C=O) groups excluding carboxylic acids is 1. The van der Waals surface area contributed by atoms with Gasteiger partial charge < -0.3 is 15.1 Å². The fourth-order valence-electron chi connectivity index (χ4n) is 6.91. The maximum absolute atomic E-state index is 14.5. The van der Waals surface area contributed by atoms with Crippen LogP contribution in [0.25, 0.3) is 0 Å². The molecular weight excluding hydrogens is 513 g/mol. The minimum Gasteiger partial charge on any atom is -0.481 e. The number of hydrogen-bond acceptors (Lipinski definition) is 5. The number of pyridine rings is 1. The molecule has 3 fully saturated rings. The van der Waals surface area contributed by atoms with E-state index in [2.05, 4.69) is 23.9 Å². The summed E-state index contributed by atoms with van der Waals surface area (Å²) in [5.74, 6) is -0.993. The van der Waals surface area contributed by atoms with E-state index in [-0.39, 0.29) is 43.7 Å². The number of halogens is 3. The predicted molar refractivity (Wildman–Crippen MR) is 134 cm³/mol. The molecule has 39 heavy (non-hydrogen) atoms. The third kappa shape index (κ3) is 4.94. The van der Waals surface area contributed by atoms with Crippen molar-refractivity contribution in [1.82, 2.24) is 19.7 Å². The molecule has 2 heterocycles. The number of carbonyl (C=O) groups is 2. The van der Waals surface area contributed by atoms with Crippen LogP contribution in [-0.4, -0.2) is 54.3 Å². The minimum absolute atomic E-state index is 0.151. The van der Waals surface area contributed by atoms with Gasteiger partial charge in [0.2, 0.25) is 0 Å². The van der Waals surface area contributed by atoms with E-state index in [1.807, 2.05) is 0 Å². The summed E-state index contributed by atoms with van der Waals surface area (Å²) >= 11 is 0. The monoisotopic (exact) mass is 548 g/mol. The van der Waals surface area contributed by atoms with Crippen LogP contribution in [0.3, 0.4) is 0 Å². The lowest BCUT2D eigenvalue weighted by atomic mass is 9.74. The second-order valence-corrected chi connectivity index (χ2v) is 12.3. The first-order valence-corrected chi connectivity index (χ1v) is 13.5. The van der Waals surface area contributed by atoms with Gasteiger partial charge in [-0.3, -0.25) is 19.3 Å². The van der Waals surface area contributed by atoms with Crippen LogP contribution in [-0.2, 0) is 11.0 Å². The van der Waals surface area contributed by atoms with Gasteiger partial charge in [-0.2, -0.15) is 18.3 Å². The fraction of sp³-hybridized carbons (Fsp3) is 0.643. The first-order valence-electron chi connectivity index (χ1n) is 13.5. The highest BCUT2D eigenvalue weighted by Gasteiger charge is 2.63. The quantitative estimate of drug-likeness (QED) is 0.498. The van der Waals surface area contributed by atoms with Crippen molar-refractivity contribution in [2.45, 2.75) is 83.7 Å². The van der Waals surface area contributed by atoms with E-state index in [1.54, 1.807) is 25.1 Å². The van der Waals surface area contributed by atoms with Crippen LogP contribution in [0.4, 0.5) is 13.2 Å². The molecule has 0 aromatic carbocycles. The lowest BCUT2D eigenvalue weighted by Crippen LogP contribution is -2.43. The Kier molecular flexibility index (Phi) is 6.80. The molecule has 4 atom stereocenters. The lowest BCUT2D eigenvalue weighted by Gasteiger charge is -2.35. The summed E-state index contributed by atoms with van der Waals surface area (Å²) in [6, 6.07) is 4.06. The topological polar surface area (TPSA) is 109 Å². The Morgan fingerprint density at radius 1 is 1.15 bits per heavy atom. The van der Waals surface area contributed by atoms with E-state index in [4.69, 9.17) is 0 Å². The molecule has 3 aliphatic rings. The van der Waals surface area contributed by atoms with E-state index < -0.39 is 46.9 Å². The number of aromatic nitrogens is 3. The van der Waals surface area contributed by atoms with Gasteiger partial charge in [-0.1, -0.05) is 19.9 Å². The number of hydrogen-bond donors (Lipinski definition) is 2. The van der Waals surface area contributed by atoms with Crippen molar-refractivity contribution < 1.29 is 33.0 Å². The Balaban J connectivity index is 1.45. The van der Waals surface area contributed by atoms with Crippen molar-refractivity contribution in [2.24, 2.45) is 22.7 Å². The first-order chi connectivity index (χ1) is 18.2. The number of aliphatic hydroxyl groups is 1. The average molecular weight is 549 g/mol. The van der Waals surface area contributed by atoms with Crippen molar-refractivity contribution in [3.63, 3.8) is 0 Å². The van der Waals surface area contributed by atoms with Gasteiger partial charge in [-0.05, 0) is 74.8 Å². The molecule has 11 heteroatoms. The van der Waals surface area contributed by atoms with Crippen molar-refractivity contribution in [1.29, 1.82) is 0 Å². The highest BCUT2D eigenvalue weighted by Crippen LogP contribution is 2.67. The predicted octanol–water partition coefficient (Wildman–Crippen LogP) is 5.11. The lowest BCUT2D eigenvalue weighted by molar-refractivity contribution is -0.152. The Hall–Kier alpha value is -2.95. The third-order valence-electron chi connectivity index (χ3n) is 9.66. The molecule has 0 bridgehead atoms. The summed E-state index contributed by atoms with van der Waals surface area (Å²) < 4.78 is 44.3. The Morgan fingerprint density at radius 3 is 2.33 bits per heavy atom. The van der Waals surface area contributed by atoms with Crippen molar-refractivity contribution in [2.75, 3.05) is 6.54 Å². The number of nitrogens with zero attached hydrogens (tertiary/aromatic N) is 4. The van der Waals surface area contributed by atoms with Gasteiger partial charge in [0.25, 0.3) is 5.91 Å². The number of amides is 1. The van der Waals surface area contributed by atoms with Gasteiger partial charge >= 0.3 is 12.1 Å². The summed E-state index contributed by atoms with van der Waals surface area (Å²) in [6.07, 6.45) is -1.30. The van der Waals surface area contributed by atoms with Gasteiger partial charge in [-0.25, -0.2) is 0 Å². The van der Waals surface area contributed by atoms with Crippen molar-refractivity contribution >= 4 is 11.9 Å². The van der Waals surface area contributed by atoms with Crippen LogP contribution in [0.2, 0.25) is 0 Å². The van der Waals surface area contributed by atoms with E-state index >= 15 is 0 Å². The van der Waals surface area contributed by atoms with Gasteiger partial charge in [0.15, 0.2) is 5.69 Å². The normalized spacial score (nSPS) is 30.4. The van der Waals surface area contributed by atoms with Crippen molar-refractivity contribution in [3.05, 3.63) is 47.5 Å². The zero-order chi connectivity index (χ0) is 28.3. The molecule has 3 aliphatic carbocycles. The number of aliphatic hydroxyl groups excluding tert-OH is 1. The number of carboxylic acid groups (broad SMARTS) is 1. The number of aliphatic carboxylic acids is 1. The molecule has 5 rings (SSSR count). The molecule has 212 valence electrons. The molecule has 2 N–H and O–H groups in total. The van der Waals surface area contributed by atoms with Gasteiger partial charge in [0.05, 0.1) is 35.5 Å². The van der Waals surface area contributed by atoms with Crippen molar-refractivity contribution in [3.8, 4) is 0 Å².